The second kappa shape index (κ2) is 8.01. The second-order valence-corrected chi connectivity index (χ2v) is 7.01. The van der Waals surface area contributed by atoms with Crippen molar-refractivity contribution in [3.05, 3.63) is 28.3 Å². The molecule has 0 aliphatic heterocycles. The van der Waals surface area contributed by atoms with Crippen LogP contribution < -0.4 is 4.74 Å². The summed E-state index contributed by atoms with van der Waals surface area (Å²) >= 11 is 6.28. The van der Waals surface area contributed by atoms with Crippen molar-refractivity contribution in [2.45, 2.75) is 65.2 Å². The fraction of sp³-hybridized carbons (Fsp3) is 0.632. The molecular weight excluding hydrogens is 296 g/mol. The summed E-state index contributed by atoms with van der Waals surface area (Å²) in [5.74, 6) is 1.40. The lowest BCUT2D eigenvalue weighted by atomic mass is 9.83. The Morgan fingerprint density at radius 1 is 1.27 bits per heavy atom. The highest BCUT2D eigenvalue weighted by atomic mass is 35.5. The number of hydrogen-bond donors (Lipinski definition) is 0. The van der Waals surface area contributed by atoms with E-state index < -0.39 is 0 Å². The average molecular weight is 323 g/mol. The lowest BCUT2D eigenvalue weighted by Gasteiger charge is -2.23. The summed E-state index contributed by atoms with van der Waals surface area (Å²) in [4.78, 5) is 13.0. The first kappa shape index (κ1) is 17.3. The molecule has 0 saturated heterocycles. The maximum atomic E-state index is 13.0. The number of hydrogen-bond acceptors (Lipinski definition) is 2. The Bertz CT molecular complexity index is 516. The number of ether oxygens (including phenoxy) is 1. The lowest BCUT2D eigenvalue weighted by Crippen LogP contribution is -2.19. The van der Waals surface area contributed by atoms with Gasteiger partial charge in [-0.15, -0.1) is 0 Å². The van der Waals surface area contributed by atoms with Crippen molar-refractivity contribution < 1.29 is 9.53 Å². The number of rotatable bonds is 6. The van der Waals surface area contributed by atoms with Crippen LogP contribution in [0.1, 0.15) is 81.1 Å². The zero-order valence-corrected chi connectivity index (χ0v) is 14.7. The van der Waals surface area contributed by atoms with Gasteiger partial charge in [0.25, 0.3) is 0 Å². The first-order valence-electron chi connectivity index (χ1n) is 8.55. The molecule has 0 unspecified atom stereocenters. The summed E-state index contributed by atoms with van der Waals surface area (Å²) in [6, 6.07) is 3.74. The minimum atomic E-state index is 0.135. The molecule has 0 radical (unpaired) electrons. The first-order valence-corrected chi connectivity index (χ1v) is 8.92. The van der Waals surface area contributed by atoms with Gasteiger partial charge >= 0.3 is 0 Å². The third kappa shape index (κ3) is 4.04. The Morgan fingerprint density at radius 3 is 2.55 bits per heavy atom. The van der Waals surface area contributed by atoms with Crippen LogP contribution in [0.25, 0.3) is 0 Å². The van der Waals surface area contributed by atoms with E-state index in [1.807, 2.05) is 6.07 Å². The molecule has 1 aliphatic rings. The van der Waals surface area contributed by atoms with Gasteiger partial charge < -0.3 is 4.74 Å². The quantitative estimate of drug-likeness (QED) is 0.599. The van der Waals surface area contributed by atoms with Crippen molar-refractivity contribution in [2.24, 2.45) is 5.92 Å². The van der Waals surface area contributed by atoms with E-state index in [1.165, 1.54) is 6.42 Å². The highest BCUT2D eigenvalue weighted by Crippen LogP contribution is 2.37. The van der Waals surface area contributed by atoms with Gasteiger partial charge in [-0.1, -0.05) is 51.6 Å². The molecule has 22 heavy (non-hydrogen) atoms. The van der Waals surface area contributed by atoms with Gasteiger partial charge in [-0.3, -0.25) is 4.79 Å². The fourth-order valence-corrected chi connectivity index (χ4v) is 3.40. The molecule has 2 nitrogen and oxygen atoms in total. The van der Waals surface area contributed by atoms with E-state index in [1.54, 1.807) is 6.07 Å². The third-order valence-corrected chi connectivity index (χ3v) is 4.61. The second-order valence-electron chi connectivity index (χ2n) is 6.57. The molecule has 0 atom stereocenters. The zero-order valence-electron chi connectivity index (χ0n) is 14.0. The van der Waals surface area contributed by atoms with Crippen molar-refractivity contribution in [2.75, 3.05) is 6.61 Å². The highest BCUT2D eigenvalue weighted by molar-refractivity contribution is 6.31. The van der Waals surface area contributed by atoms with Gasteiger partial charge in [0.05, 0.1) is 12.2 Å². The molecule has 1 aromatic rings. The van der Waals surface area contributed by atoms with E-state index in [2.05, 4.69) is 20.8 Å². The number of carbonyl (C=O) groups excluding carboxylic acids is 1. The molecule has 0 spiro atoms. The smallest absolute Gasteiger partial charge is 0.169 e. The predicted octanol–water partition coefficient (Wildman–Crippen LogP) is 6.02. The standard InChI is InChI=1S/C19H27ClO2/c1-4-10-22-19-16(13(2)3)11-15(20)12-17(19)18(21)14-8-6-5-7-9-14/h11-14H,4-10H2,1-3H3. The molecule has 1 fully saturated rings. The number of ketones is 1. The SMILES string of the molecule is CCCOc1c(C(=O)C2CCCCC2)cc(Cl)cc1C(C)C. The molecule has 0 heterocycles. The third-order valence-electron chi connectivity index (χ3n) is 4.40. The molecule has 0 N–H and O–H groups in total. The predicted molar refractivity (Wildman–Crippen MR) is 92.2 cm³/mol. The van der Waals surface area contributed by atoms with Crippen molar-refractivity contribution in [3.63, 3.8) is 0 Å². The van der Waals surface area contributed by atoms with E-state index in [-0.39, 0.29) is 17.6 Å². The van der Waals surface area contributed by atoms with Gasteiger partial charge in [-0.25, -0.2) is 0 Å². The van der Waals surface area contributed by atoms with E-state index in [0.717, 1.165) is 43.4 Å². The van der Waals surface area contributed by atoms with Gasteiger partial charge in [-0.2, -0.15) is 0 Å². The summed E-state index contributed by atoms with van der Waals surface area (Å²) in [6.07, 6.45) is 6.47. The van der Waals surface area contributed by atoms with Crippen LogP contribution in [0.5, 0.6) is 5.75 Å². The minimum Gasteiger partial charge on any atom is -0.493 e. The molecule has 0 amide bonds. The van der Waals surface area contributed by atoms with Crippen LogP contribution in [-0.2, 0) is 0 Å². The summed E-state index contributed by atoms with van der Waals surface area (Å²) < 4.78 is 5.97. The number of benzene rings is 1. The molecule has 1 aliphatic carbocycles. The normalized spacial score (nSPS) is 16.0. The fourth-order valence-electron chi connectivity index (χ4n) is 3.18. The molecule has 122 valence electrons. The van der Waals surface area contributed by atoms with Crippen molar-refractivity contribution >= 4 is 17.4 Å². The highest BCUT2D eigenvalue weighted by Gasteiger charge is 2.27. The Labute approximate surface area is 139 Å². The molecule has 3 heteroatoms. The molecular formula is C19H27ClO2. The van der Waals surface area contributed by atoms with E-state index in [4.69, 9.17) is 16.3 Å². The molecule has 1 aromatic carbocycles. The average Bonchev–Trinajstić information content (AvgIpc) is 2.53. The van der Waals surface area contributed by atoms with Crippen molar-refractivity contribution in [1.29, 1.82) is 0 Å². The summed E-state index contributed by atoms with van der Waals surface area (Å²) in [5.41, 5.74) is 1.73. The van der Waals surface area contributed by atoms with Gasteiger partial charge in [-0.05, 0) is 42.9 Å². The molecule has 0 aromatic heterocycles. The van der Waals surface area contributed by atoms with Crippen molar-refractivity contribution in [3.8, 4) is 5.75 Å². The number of halogens is 1. The van der Waals surface area contributed by atoms with E-state index in [9.17, 15) is 4.79 Å². The number of Topliss-reactive ketones (excluding diaryl/α,β-unsaturated/α-hetero) is 1. The van der Waals surface area contributed by atoms with Crippen LogP contribution in [0, 0.1) is 5.92 Å². The Morgan fingerprint density at radius 2 is 1.95 bits per heavy atom. The molecule has 0 bridgehead atoms. The van der Waals surface area contributed by atoms with Crippen LogP contribution in [0.2, 0.25) is 5.02 Å². The van der Waals surface area contributed by atoms with Crippen LogP contribution in [0.4, 0.5) is 0 Å². The first-order chi connectivity index (χ1) is 10.5. The molecule has 2 rings (SSSR count). The minimum absolute atomic E-state index is 0.135. The van der Waals surface area contributed by atoms with Gasteiger partial charge in [0.1, 0.15) is 5.75 Å². The van der Waals surface area contributed by atoms with E-state index in [0.29, 0.717) is 17.2 Å². The van der Waals surface area contributed by atoms with Gasteiger partial charge in [0, 0.05) is 10.9 Å². The largest absolute Gasteiger partial charge is 0.493 e. The summed E-state index contributed by atoms with van der Waals surface area (Å²) in [5, 5.41) is 0.631. The summed E-state index contributed by atoms with van der Waals surface area (Å²) in [7, 11) is 0. The van der Waals surface area contributed by atoms with Crippen LogP contribution in [-0.4, -0.2) is 12.4 Å². The maximum Gasteiger partial charge on any atom is 0.169 e. The molecule has 1 saturated carbocycles. The Kier molecular flexibility index (Phi) is 6.31. The number of carbonyl (C=O) groups is 1. The van der Waals surface area contributed by atoms with Crippen LogP contribution in [0.15, 0.2) is 12.1 Å². The maximum absolute atomic E-state index is 13.0. The lowest BCUT2D eigenvalue weighted by molar-refractivity contribution is 0.0885. The van der Waals surface area contributed by atoms with Gasteiger partial charge in [0.2, 0.25) is 0 Å². The Balaban J connectivity index is 2.40. The van der Waals surface area contributed by atoms with Gasteiger partial charge in [0.15, 0.2) is 5.78 Å². The van der Waals surface area contributed by atoms with Crippen LogP contribution >= 0.6 is 11.6 Å². The van der Waals surface area contributed by atoms with E-state index >= 15 is 0 Å². The van der Waals surface area contributed by atoms with Crippen LogP contribution in [0.3, 0.4) is 0 Å². The van der Waals surface area contributed by atoms with Crippen molar-refractivity contribution in [1.82, 2.24) is 0 Å². The topological polar surface area (TPSA) is 26.3 Å². The monoisotopic (exact) mass is 322 g/mol. The summed E-state index contributed by atoms with van der Waals surface area (Å²) in [6.45, 7) is 6.93. The Hall–Kier alpha value is -1.02. The zero-order chi connectivity index (χ0) is 16.1.